The van der Waals surface area contributed by atoms with Crippen LogP contribution in [-0.2, 0) is 11.2 Å². The van der Waals surface area contributed by atoms with Crippen LogP contribution in [0.5, 0.6) is 11.5 Å². The summed E-state index contributed by atoms with van der Waals surface area (Å²) in [7, 11) is 3.23. The van der Waals surface area contributed by atoms with Gasteiger partial charge in [0.25, 0.3) is 0 Å². The molecule has 29 heavy (non-hydrogen) atoms. The fourth-order valence-electron chi connectivity index (χ4n) is 3.23. The first-order valence-corrected chi connectivity index (χ1v) is 9.57. The number of benzene rings is 2. The van der Waals surface area contributed by atoms with Crippen LogP contribution < -0.4 is 14.8 Å². The van der Waals surface area contributed by atoms with Gasteiger partial charge in [0.1, 0.15) is 11.5 Å². The number of nitrogens with one attached hydrogen (secondary N) is 1. The molecule has 8 nitrogen and oxygen atoms in total. The summed E-state index contributed by atoms with van der Waals surface area (Å²) in [5.74, 6) is 2.13. The number of carbonyl (C=O) groups is 1. The molecule has 0 radical (unpaired) electrons. The summed E-state index contributed by atoms with van der Waals surface area (Å²) in [6.07, 6.45) is 3.07. The van der Waals surface area contributed by atoms with Crippen molar-refractivity contribution in [3.63, 3.8) is 0 Å². The van der Waals surface area contributed by atoms with Gasteiger partial charge in [0.05, 0.1) is 20.3 Å². The van der Waals surface area contributed by atoms with Crippen molar-refractivity contribution in [1.29, 1.82) is 0 Å². The molecule has 1 fully saturated rings. The van der Waals surface area contributed by atoms with Crippen LogP contribution in [0.2, 0.25) is 0 Å². The summed E-state index contributed by atoms with van der Waals surface area (Å²) >= 11 is 0. The number of anilines is 1. The van der Waals surface area contributed by atoms with Gasteiger partial charge in [0.2, 0.25) is 5.91 Å². The Labute approximate surface area is 168 Å². The number of ether oxygens (including phenoxy) is 2. The van der Waals surface area contributed by atoms with Gasteiger partial charge in [-0.3, -0.25) is 4.79 Å². The number of aryl methyl sites for hydroxylation is 1. The maximum absolute atomic E-state index is 12.5. The summed E-state index contributed by atoms with van der Waals surface area (Å²) in [4.78, 5) is 12.5. The predicted molar refractivity (Wildman–Crippen MR) is 108 cm³/mol. The van der Waals surface area contributed by atoms with E-state index in [-0.39, 0.29) is 5.91 Å². The quantitative estimate of drug-likeness (QED) is 0.632. The van der Waals surface area contributed by atoms with Gasteiger partial charge < -0.3 is 14.8 Å². The van der Waals surface area contributed by atoms with E-state index in [9.17, 15) is 4.79 Å². The second-order valence-electron chi connectivity index (χ2n) is 6.98. The van der Waals surface area contributed by atoms with Gasteiger partial charge in [-0.05, 0) is 65.6 Å². The molecule has 1 N–H and O–H groups in total. The molecule has 0 atom stereocenters. The molecule has 0 bridgehead atoms. The van der Waals surface area contributed by atoms with Gasteiger partial charge in [-0.2, -0.15) is 0 Å². The molecule has 4 rings (SSSR count). The minimum absolute atomic E-state index is 0.0752. The van der Waals surface area contributed by atoms with E-state index in [0.29, 0.717) is 18.9 Å². The van der Waals surface area contributed by atoms with E-state index < -0.39 is 0 Å². The first kappa shape index (κ1) is 18.9. The lowest BCUT2D eigenvalue weighted by Crippen LogP contribution is -2.12. The van der Waals surface area contributed by atoms with E-state index >= 15 is 0 Å². The zero-order chi connectivity index (χ0) is 20.2. The molecule has 8 heteroatoms. The van der Waals surface area contributed by atoms with Crippen LogP contribution in [0.1, 0.15) is 30.9 Å². The van der Waals surface area contributed by atoms with Crippen LogP contribution in [0.25, 0.3) is 11.4 Å². The molecule has 0 saturated heterocycles. The van der Waals surface area contributed by atoms with Crippen LogP contribution in [0.15, 0.2) is 42.5 Å². The molecule has 1 aliphatic carbocycles. The van der Waals surface area contributed by atoms with Gasteiger partial charge in [-0.25, -0.2) is 4.68 Å². The Morgan fingerprint density at radius 1 is 1.17 bits per heavy atom. The lowest BCUT2D eigenvalue weighted by Gasteiger charge is -2.11. The molecule has 0 spiro atoms. The number of tetrazole rings is 1. The summed E-state index contributed by atoms with van der Waals surface area (Å²) in [5, 5.41) is 15.0. The Morgan fingerprint density at radius 2 is 2.03 bits per heavy atom. The predicted octanol–water partition coefficient (Wildman–Crippen LogP) is 3.26. The Kier molecular flexibility index (Phi) is 5.41. The maximum Gasteiger partial charge on any atom is 0.224 e. The molecule has 3 aromatic rings. The number of carbonyl (C=O) groups excluding carboxylic acids is 1. The molecule has 0 aliphatic heterocycles. The van der Waals surface area contributed by atoms with Crippen molar-refractivity contribution in [3.05, 3.63) is 48.0 Å². The summed E-state index contributed by atoms with van der Waals surface area (Å²) in [5.41, 5.74) is 2.53. The third-order valence-electron chi connectivity index (χ3n) is 4.90. The maximum atomic E-state index is 12.5. The number of rotatable bonds is 8. The van der Waals surface area contributed by atoms with Gasteiger partial charge in [-0.15, -0.1) is 5.10 Å². The zero-order valence-electron chi connectivity index (χ0n) is 16.5. The fourth-order valence-corrected chi connectivity index (χ4v) is 3.23. The second-order valence-corrected chi connectivity index (χ2v) is 6.98. The molecule has 0 unspecified atom stereocenters. The minimum Gasteiger partial charge on any atom is -0.497 e. The smallest absolute Gasteiger partial charge is 0.224 e. The highest BCUT2D eigenvalue weighted by molar-refractivity contribution is 5.91. The lowest BCUT2D eigenvalue weighted by atomic mass is 10.1. The van der Waals surface area contributed by atoms with E-state index in [4.69, 9.17) is 9.47 Å². The number of nitrogens with zero attached hydrogens (tertiary/aromatic N) is 4. The number of amides is 1. The van der Waals surface area contributed by atoms with Crippen molar-refractivity contribution in [2.45, 2.75) is 31.7 Å². The first-order chi connectivity index (χ1) is 14.2. The topological polar surface area (TPSA) is 91.2 Å². The van der Waals surface area contributed by atoms with Gasteiger partial charge in [0, 0.05) is 17.7 Å². The van der Waals surface area contributed by atoms with Crippen LogP contribution in [0.4, 0.5) is 5.69 Å². The van der Waals surface area contributed by atoms with E-state index in [1.165, 1.54) is 0 Å². The van der Waals surface area contributed by atoms with Crippen molar-refractivity contribution in [1.82, 2.24) is 20.2 Å². The number of aromatic nitrogens is 4. The Balaban J connectivity index is 1.42. The number of methoxy groups -OCH3 is 2. The standard InChI is InChI=1S/C21H23N5O3/c1-28-18-9-10-19(29-2)14(13-18)6-11-20(27)22-16-5-3-4-15(12-16)21-23-24-25-26(21)17-7-8-17/h3-5,9-10,12-13,17H,6-8,11H2,1-2H3,(H,22,27). The average molecular weight is 393 g/mol. The van der Waals surface area contributed by atoms with Gasteiger partial charge in [-0.1, -0.05) is 12.1 Å². The number of hydrogen-bond donors (Lipinski definition) is 1. The van der Waals surface area contributed by atoms with Crippen LogP contribution in [0, 0.1) is 0 Å². The molecule has 150 valence electrons. The second kappa shape index (κ2) is 8.30. The zero-order valence-corrected chi connectivity index (χ0v) is 16.5. The Bertz CT molecular complexity index is 1010. The first-order valence-electron chi connectivity index (χ1n) is 9.57. The highest BCUT2D eigenvalue weighted by atomic mass is 16.5. The van der Waals surface area contributed by atoms with Crippen LogP contribution in [-0.4, -0.2) is 40.3 Å². The molecule has 1 aliphatic rings. The van der Waals surface area contributed by atoms with Crippen LogP contribution in [0.3, 0.4) is 0 Å². The van der Waals surface area contributed by atoms with Crippen molar-refractivity contribution >= 4 is 11.6 Å². The molecule has 1 aromatic heterocycles. The monoisotopic (exact) mass is 393 g/mol. The average Bonchev–Trinajstić information content (AvgIpc) is 3.48. The van der Waals surface area contributed by atoms with E-state index in [1.807, 2.05) is 47.1 Å². The number of hydrogen-bond acceptors (Lipinski definition) is 6. The SMILES string of the molecule is COc1ccc(OC)c(CCC(=O)Nc2cccc(-c3nnnn3C3CC3)c2)c1. The minimum atomic E-state index is -0.0752. The fraction of sp³-hybridized carbons (Fsp3) is 0.333. The van der Waals surface area contributed by atoms with Gasteiger partial charge >= 0.3 is 0 Å². The molecular formula is C21H23N5O3. The third kappa shape index (κ3) is 4.37. The molecule has 1 heterocycles. The summed E-state index contributed by atoms with van der Waals surface area (Å²) < 4.78 is 12.5. The van der Waals surface area contributed by atoms with E-state index in [2.05, 4.69) is 20.8 Å². The highest BCUT2D eigenvalue weighted by Gasteiger charge is 2.28. The molecule has 1 amide bonds. The lowest BCUT2D eigenvalue weighted by molar-refractivity contribution is -0.116. The highest BCUT2D eigenvalue weighted by Crippen LogP contribution is 2.36. The van der Waals surface area contributed by atoms with Crippen molar-refractivity contribution in [2.24, 2.45) is 0 Å². The Hall–Kier alpha value is -3.42. The normalized spacial score (nSPS) is 13.2. The van der Waals surface area contributed by atoms with Crippen molar-refractivity contribution < 1.29 is 14.3 Å². The summed E-state index contributed by atoms with van der Waals surface area (Å²) in [6, 6.07) is 13.6. The van der Waals surface area contributed by atoms with E-state index in [0.717, 1.165) is 47.0 Å². The third-order valence-corrected chi connectivity index (χ3v) is 4.90. The van der Waals surface area contributed by atoms with Crippen molar-refractivity contribution in [2.75, 3.05) is 19.5 Å². The molecular weight excluding hydrogens is 370 g/mol. The van der Waals surface area contributed by atoms with Crippen LogP contribution >= 0.6 is 0 Å². The van der Waals surface area contributed by atoms with Gasteiger partial charge in [0.15, 0.2) is 5.82 Å². The van der Waals surface area contributed by atoms with E-state index in [1.54, 1.807) is 14.2 Å². The molecule has 2 aromatic carbocycles. The molecule has 1 saturated carbocycles. The van der Waals surface area contributed by atoms with Crippen molar-refractivity contribution in [3.8, 4) is 22.9 Å². The Morgan fingerprint density at radius 3 is 2.79 bits per heavy atom. The summed E-state index contributed by atoms with van der Waals surface area (Å²) in [6.45, 7) is 0. The largest absolute Gasteiger partial charge is 0.497 e.